The fourth-order valence-corrected chi connectivity index (χ4v) is 1.84. The van der Waals surface area contributed by atoms with Gasteiger partial charge in [0.1, 0.15) is 5.75 Å². The van der Waals surface area contributed by atoms with E-state index in [1.165, 1.54) is 18.4 Å². The minimum Gasteiger partial charge on any atom is -0.494 e. The van der Waals surface area contributed by atoms with E-state index in [-0.39, 0.29) is 0 Å². The molecule has 0 radical (unpaired) electrons. The highest BCUT2D eigenvalue weighted by molar-refractivity contribution is 5.27. The summed E-state index contributed by atoms with van der Waals surface area (Å²) in [7, 11) is 0. The molecule has 0 amide bonds. The zero-order chi connectivity index (χ0) is 12.5. The van der Waals surface area contributed by atoms with Gasteiger partial charge in [0.25, 0.3) is 0 Å². The Morgan fingerprint density at radius 1 is 1.18 bits per heavy atom. The Balaban J connectivity index is 2.34. The first-order valence-corrected chi connectivity index (χ1v) is 6.71. The fourth-order valence-electron chi connectivity index (χ4n) is 1.84. The lowest BCUT2D eigenvalue weighted by atomic mass is 10.1. The Bertz CT molecular complexity index is 294. The SMILES string of the molecule is CCCCNC(C)Cc1ccc(OCC)cc1. The lowest BCUT2D eigenvalue weighted by Gasteiger charge is -2.13. The van der Waals surface area contributed by atoms with Crippen molar-refractivity contribution in [3.05, 3.63) is 29.8 Å². The van der Waals surface area contributed by atoms with Crippen molar-refractivity contribution >= 4 is 0 Å². The second-order valence-corrected chi connectivity index (χ2v) is 4.49. The minimum atomic E-state index is 0.541. The molecule has 0 saturated carbocycles. The van der Waals surface area contributed by atoms with Crippen LogP contribution in [0, 0.1) is 0 Å². The van der Waals surface area contributed by atoms with Crippen LogP contribution in [0.4, 0.5) is 0 Å². The Morgan fingerprint density at radius 3 is 2.47 bits per heavy atom. The van der Waals surface area contributed by atoms with Gasteiger partial charge in [0.2, 0.25) is 0 Å². The smallest absolute Gasteiger partial charge is 0.119 e. The van der Waals surface area contributed by atoms with Crippen molar-refractivity contribution in [1.29, 1.82) is 0 Å². The molecule has 1 aromatic carbocycles. The predicted molar refractivity (Wildman–Crippen MR) is 73.7 cm³/mol. The van der Waals surface area contributed by atoms with Crippen LogP contribution in [0.5, 0.6) is 5.75 Å². The molecule has 17 heavy (non-hydrogen) atoms. The molecule has 1 aromatic rings. The number of benzene rings is 1. The lowest BCUT2D eigenvalue weighted by Crippen LogP contribution is -2.28. The Labute approximate surface area is 105 Å². The largest absolute Gasteiger partial charge is 0.494 e. The average Bonchev–Trinajstić information content (AvgIpc) is 2.32. The van der Waals surface area contributed by atoms with Gasteiger partial charge in [0.15, 0.2) is 0 Å². The highest BCUT2D eigenvalue weighted by Crippen LogP contribution is 2.13. The van der Waals surface area contributed by atoms with Gasteiger partial charge in [0, 0.05) is 6.04 Å². The zero-order valence-corrected chi connectivity index (χ0v) is 11.3. The third-order valence-electron chi connectivity index (χ3n) is 2.80. The van der Waals surface area contributed by atoms with E-state index in [2.05, 4.69) is 43.4 Å². The third-order valence-corrected chi connectivity index (χ3v) is 2.80. The molecule has 0 bridgehead atoms. The van der Waals surface area contributed by atoms with Crippen LogP contribution < -0.4 is 10.1 Å². The molecule has 96 valence electrons. The van der Waals surface area contributed by atoms with Crippen molar-refractivity contribution < 1.29 is 4.74 Å². The van der Waals surface area contributed by atoms with Crippen molar-refractivity contribution in [3.63, 3.8) is 0 Å². The van der Waals surface area contributed by atoms with Gasteiger partial charge < -0.3 is 10.1 Å². The second kappa shape index (κ2) is 8.13. The molecule has 1 rings (SSSR count). The van der Waals surface area contributed by atoms with E-state index in [4.69, 9.17) is 4.74 Å². The molecule has 0 aliphatic heterocycles. The van der Waals surface area contributed by atoms with Gasteiger partial charge in [0.05, 0.1) is 6.61 Å². The average molecular weight is 235 g/mol. The summed E-state index contributed by atoms with van der Waals surface area (Å²) in [6.07, 6.45) is 3.59. The summed E-state index contributed by atoms with van der Waals surface area (Å²) in [5, 5.41) is 3.54. The van der Waals surface area contributed by atoms with Crippen LogP contribution in [-0.4, -0.2) is 19.2 Å². The maximum Gasteiger partial charge on any atom is 0.119 e. The number of unbranched alkanes of at least 4 members (excludes halogenated alkanes) is 1. The van der Waals surface area contributed by atoms with E-state index < -0.39 is 0 Å². The van der Waals surface area contributed by atoms with E-state index in [0.29, 0.717) is 6.04 Å². The molecule has 0 aliphatic rings. The molecule has 1 N–H and O–H groups in total. The van der Waals surface area contributed by atoms with Crippen molar-refractivity contribution in [2.45, 2.75) is 46.1 Å². The van der Waals surface area contributed by atoms with Gasteiger partial charge >= 0.3 is 0 Å². The van der Waals surface area contributed by atoms with Crippen LogP contribution >= 0.6 is 0 Å². The van der Waals surface area contributed by atoms with E-state index >= 15 is 0 Å². The summed E-state index contributed by atoms with van der Waals surface area (Å²) in [6.45, 7) is 8.32. The molecular formula is C15H25NO. The second-order valence-electron chi connectivity index (χ2n) is 4.49. The van der Waals surface area contributed by atoms with Crippen molar-refractivity contribution in [1.82, 2.24) is 5.32 Å². The molecule has 0 aromatic heterocycles. The van der Waals surface area contributed by atoms with Gasteiger partial charge in [-0.15, -0.1) is 0 Å². The molecule has 0 aliphatic carbocycles. The number of hydrogen-bond donors (Lipinski definition) is 1. The molecule has 0 spiro atoms. The van der Waals surface area contributed by atoms with E-state index in [1.807, 2.05) is 6.92 Å². The summed E-state index contributed by atoms with van der Waals surface area (Å²) < 4.78 is 5.43. The van der Waals surface area contributed by atoms with Crippen molar-refractivity contribution in [3.8, 4) is 5.75 Å². The number of rotatable bonds is 8. The maximum absolute atomic E-state index is 5.43. The molecule has 2 heteroatoms. The van der Waals surface area contributed by atoms with Crippen molar-refractivity contribution in [2.24, 2.45) is 0 Å². The summed E-state index contributed by atoms with van der Waals surface area (Å²) in [6, 6.07) is 8.96. The zero-order valence-electron chi connectivity index (χ0n) is 11.3. The highest BCUT2D eigenvalue weighted by atomic mass is 16.5. The molecule has 2 nitrogen and oxygen atoms in total. The van der Waals surface area contributed by atoms with Gasteiger partial charge in [-0.1, -0.05) is 25.5 Å². The molecule has 1 unspecified atom stereocenters. The number of ether oxygens (including phenoxy) is 1. The quantitative estimate of drug-likeness (QED) is 0.697. The first kappa shape index (κ1) is 14.0. The Hall–Kier alpha value is -1.02. The molecular weight excluding hydrogens is 210 g/mol. The van der Waals surface area contributed by atoms with Crippen LogP contribution in [0.1, 0.15) is 39.2 Å². The molecule has 1 atom stereocenters. The van der Waals surface area contributed by atoms with Gasteiger partial charge in [-0.25, -0.2) is 0 Å². The van der Waals surface area contributed by atoms with Gasteiger partial charge in [-0.05, 0) is 50.9 Å². The standard InChI is InChI=1S/C15H25NO/c1-4-6-11-16-13(3)12-14-7-9-15(10-8-14)17-5-2/h7-10,13,16H,4-6,11-12H2,1-3H3. The normalized spacial score (nSPS) is 12.4. The Kier molecular flexibility index (Phi) is 6.71. The monoisotopic (exact) mass is 235 g/mol. The summed E-state index contributed by atoms with van der Waals surface area (Å²) in [4.78, 5) is 0. The van der Waals surface area contributed by atoms with Crippen LogP contribution in [0.25, 0.3) is 0 Å². The van der Waals surface area contributed by atoms with E-state index in [1.54, 1.807) is 0 Å². The topological polar surface area (TPSA) is 21.3 Å². The summed E-state index contributed by atoms with van der Waals surface area (Å²) >= 11 is 0. The van der Waals surface area contributed by atoms with E-state index in [0.717, 1.165) is 25.3 Å². The van der Waals surface area contributed by atoms with Gasteiger partial charge in [-0.3, -0.25) is 0 Å². The minimum absolute atomic E-state index is 0.541. The first-order chi connectivity index (χ1) is 8.26. The molecule has 0 fully saturated rings. The number of nitrogens with one attached hydrogen (secondary N) is 1. The summed E-state index contributed by atoms with van der Waals surface area (Å²) in [5.41, 5.74) is 1.37. The predicted octanol–water partition coefficient (Wildman–Crippen LogP) is 3.41. The fraction of sp³-hybridized carbons (Fsp3) is 0.600. The van der Waals surface area contributed by atoms with Gasteiger partial charge in [-0.2, -0.15) is 0 Å². The number of hydrogen-bond acceptors (Lipinski definition) is 2. The Morgan fingerprint density at radius 2 is 1.88 bits per heavy atom. The van der Waals surface area contributed by atoms with Crippen LogP contribution in [0.3, 0.4) is 0 Å². The molecule has 0 heterocycles. The summed E-state index contributed by atoms with van der Waals surface area (Å²) in [5.74, 6) is 0.961. The van der Waals surface area contributed by atoms with Crippen LogP contribution in [0.15, 0.2) is 24.3 Å². The van der Waals surface area contributed by atoms with Crippen LogP contribution in [0.2, 0.25) is 0 Å². The maximum atomic E-state index is 5.43. The third kappa shape index (κ3) is 5.73. The van der Waals surface area contributed by atoms with E-state index in [9.17, 15) is 0 Å². The van der Waals surface area contributed by atoms with Crippen LogP contribution in [-0.2, 0) is 6.42 Å². The molecule has 0 saturated heterocycles. The highest BCUT2D eigenvalue weighted by Gasteiger charge is 2.02. The van der Waals surface area contributed by atoms with Crippen molar-refractivity contribution in [2.75, 3.05) is 13.2 Å². The lowest BCUT2D eigenvalue weighted by molar-refractivity contribution is 0.340. The first-order valence-electron chi connectivity index (χ1n) is 6.71.